The van der Waals surface area contributed by atoms with Crippen LogP contribution in [-0.4, -0.2) is 20.6 Å². The Labute approximate surface area is 138 Å². The molecule has 0 heterocycles. The standard InChI is InChI=1S/C17H36O4Si/c1-8-10-11-12-14-15(13-9-2)19-16(18)20-21-22(6,7)17(3,4)5/h15H,8-14H2,1-7H3. The van der Waals surface area contributed by atoms with Crippen molar-refractivity contribution in [2.75, 3.05) is 0 Å². The number of carbonyl (C=O) groups is 1. The number of ether oxygens (including phenoxy) is 1. The van der Waals surface area contributed by atoms with Gasteiger partial charge in [-0.2, -0.15) is 0 Å². The Morgan fingerprint density at radius 1 is 1.00 bits per heavy atom. The van der Waals surface area contributed by atoms with E-state index in [4.69, 9.17) is 14.2 Å². The minimum atomic E-state index is -2.10. The van der Waals surface area contributed by atoms with Crippen molar-refractivity contribution >= 4 is 14.5 Å². The quantitative estimate of drug-likeness (QED) is 0.157. The Morgan fingerprint density at radius 3 is 2.14 bits per heavy atom. The highest BCUT2D eigenvalue weighted by Gasteiger charge is 2.40. The Bertz CT molecular complexity index is 310. The molecule has 0 N–H and O–H groups in total. The van der Waals surface area contributed by atoms with Gasteiger partial charge in [0.2, 0.25) is 0 Å². The average molecular weight is 333 g/mol. The Hall–Kier alpha value is -0.553. The lowest BCUT2D eigenvalue weighted by Crippen LogP contribution is -2.41. The van der Waals surface area contributed by atoms with Crippen molar-refractivity contribution in [2.24, 2.45) is 0 Å². The Kier molecular flexibility index (Phi) is 10.0. The van der Waals surface area contributed by atoms with Crippen LogP contribution in [0, 0.1) is 0 Å². The summed E-state index contributed by atoms with van der Waals surface area (Å²) in [6, 6.07) is 0. The van der Waals surface area contributed by atoms with Gasteiger partial charge in [-0.3, -0.25) is 4.89 Å². The van der Waals surface area contributed by atoms with Gasteiger partial charge in [0.05, 0.1) is 0 Å². The van der Waals surface area contributed by atoms with E-state index in [9.17, 15) is 4.79 Å². The van der Waals surface area contributed by atoms with Crippen molar-refractivity contribution in [1.82, 2.24) is 0 Å². The normalized spacial score (nSPS) is 13.8. The van der Waals surface area contributed by atoms with Crippen molar-refractivity contribution in [3.05, 3.63) is 0 Å². The van der Waals surface area contributed by atoms with Crippen LogP contribution in [0.2, 0.25) is 18.1 Å². The molecule has 0 aliphatic heterocycles. The SMILES string of the molecule is CCCCCCC(CCC)OC(=O)OO[Si](C)(C)C(C)(C)C. The Morgan fingerprint density at radius 2 is 1.64 bits per heavy atom. The molecule has 0 aromatic heterocycles. The zero-order valence-corrected chi connectivity index (χ0v) is 16.7. The molecule has 0 bridgehead atoms. The maximum Gasteiger partial charge on any atom is 0.539 e. The summed E-state index contributed by atoms with van der Waals surface area (Å²) in [6.45, 7) is 14.7. The van der Waals surface area contributed by atoms with E-state index in [1.165, 1.54) is 19.3 Å². The van der Waals surface area contributed by atoms with Gasteiger partial charge in [-0.25, -0.2) is 9.37 Å². The van der Waals surface area contributed by atoms with Gasteiger partial charge < -0.3 is 4.74 Å². The molecule has 22 heavy (non-hydrogen) atoms. The highest BCUT2D eigenvalue weighted by atomic mass is 28.4. The van der Waals surface area contributed by atoms with Gasteiger partial charge >= 0.3 is 6.16 Å². The second kappa shape index (κ2) is 10.3. The summed E-state index contributed by atoms with van der Waals surface area (Å²) in [5, 5.41) is -0.00372. The summed E-state index contributed by atoms with van der Waals surface area (Å²) in [7, 11) is -2.10. The summed E-state index contributed by atoms with van der Waals surface area (Å²) in [4.78, 5) is 16.8. The van der Waals surface area contributed by atoms with E-state index in [0.29, 0.717) is 0 Å². The van der Waals surface area contributed by atoms with Gasteiger partial charge in [0.1, 0.15) is 6.10 Å². The minimum absolute atomic E-state index is 0.00372. The molecule has 0 radical (unpaired) electrons. The summed E-state index contributed by atoms with van der Waals surface area (Å²) in [5.41, 5.74) is 0. The zero-order valence-electron chi connectivity index (χ0n) is 15.7. The average Bonchev–Trinajstić information content (AvgIpc) is 2.40. The molecular weight excluding hydrogens is 296 g/mol. The maximum absolute atomic E-state index is 11.8. The van der Waals surface area contributed by atoms with Gasteiger partial charge in [0.25, 0.3) is 8.32 Å². The number of unbranched alkanes of at least 4 members (excludes halogenated alkanes) is 3. The molecule has 5 heteroatoms. The van der Waals surface area contributed by atoms with Gasteiger partial charge in [-0.05, 0) is 37.4 Å². The van der Waals surface area contributed by atoms with Gasteiger partial charge in [-0.1, -0.05) is 60.3 Å². The molecule has 0 saturated heterocycles. The highest BCUT2D eigenvalue weighted by molar-refractivity contribution is 6.73. The first-order valence-corrected chi connectivity index (χ1v) is 11.6. The summed E-state index contributed by atoms with van der Waals surface area (Å²) >= 11 is 0. The van der Waals surface area contributed by atoms with E-state index >= 15 is 0 Å². The molecular formula is C17H36O4Si. The van der Waals surface area contributed by atoms with Crippen LogP contribution in [0.3, 0.4) is 0 Å². The van der Waals surface area contributed by atoms with E-state index in [-0.39, 0.29) is 11.1 Å². The molecule has 0 aromatic rings. The van der Waals surface area contributed by atoms with Gasteiger partial charge in [0.15, 0.2) is 0 Å². The summed E-state index contributed by atoms with van der Waals surface area (Å²) in [5.74, 6) is 0. The maximum atomic E-state index is 11.8. The van der Waals surface area contributed by atoms with Gasteiger partial charge in [-0.15, -0.1) is 0 Å². The Balaban J connectivity index is 4.22. The molecule has 1 unspecified atom stereocenters. The molecule has 0 saturated carbocycles. The minimum Gasteiger partial charge on any atom is -0.429 e. The van der Waals surface area contributed by atoms with E-state index < -0.39 is 14.5 Å². The molecule has 4 nitrogen and oxygen atoms in total. The molecule has 132 valence electrons. The monoisotopic (exact) mass is 332 g/mol. The van der Waals surface area contributed by atoms with Crippen LogP contribution in [0.1, 0.15) is 79.6 Å². The number of hydrogen-bond donors (Lipinski definition) is 0. The van der Waals surface area contributed by atoms with Crippen molar-refractivity contribution in [2.45, 2.75) is 104 Å². The first-order chi connectivity index (χ1) is 10.1. The fourth-order valence-corrected chi connectivity index (χ4v) is 2.33. The summed E-state index contributed by atoms with van der Waals surface area (Å²) in [6.07, 6.45) is 6.75. The molecule has 0 amide bonds. The second-order valence-corrected chi connectivity index (χ2v) is 12.2. The van der Waals surface area contributed by atoms with Crippen LogP contribution in [0.25, 0.3) is 0 Å². The van der Waals surface area contributed by atoms with E-state index in [2.05, 4.69) is 34.6 Å². The lowest BCUT2D eigenvalue weighted by atomic mass is 10.1. The van der Waals surface area contributed by atoms with Crippen molar-refractivity contribution in [3.63, 3.8) is 0 Å². The molecule has 0 fully saturated rings. The largest absolute Gasteiger partial charge is 0.539 e. The first kappa shape index (κ1) is 21.4. The number of rotatable bonds is 10. The smallest absolute Gasteiger partial charge is 0.429 e. The van der Waals surface area contributed by atoms with E-state index in [1.54, 1.807) is 0 Å². The molecule has 1 atom stereocenters. The van der Waals surface area contributed by atoms with Crippen LogP contribution < -0.4 is 0 Å². The summed E-state index contributed by atoms with van der Waals surface area (Å²) < 4.78 is 10.9. The molecule has 0 aromatic carbocycles. The van der Waals surface area contributed by atoms with Gasteiger partial charge in [0, 0.05) is 0 Å². The lowest BCUT2D eigenvalue weighted by molar-refractivity contribution is -0.187. The third-order valence-electron chi connectivity index (χ3n) is 4.38. The molecule has 0 aliphatic rings. The van der Waals surface area contributed by atoms with Crippen LogP contribution in [0.15, 0.2) is 0 Å². The lowest BCUT2D eigenvalue weighted by Gasteiger charge is -2.33. The second-order valence-electron chi connectivity index (χ2n) is 7.55. The molecule has 0 rings (SSSR count). The third-order valence-corrected chi connectivity index (χ3v) is 8.49. The van der Waals surface area contributed by atoms with Crippen LogP contribution in [0.5, 0.6) is 0 Å². The van der Waals surface area contributed by atoms with Crippen molar-refractivity contribution in [1.29, 1.82) is 0 Å². The first-order valence-electron chi connectivity index (χ1n) is 8.70. The van der Waals surface area contributed by atoms with Crippen molar-refractivity contribution < 1.29 is 19.0 Å². The number of hydrogen-bond acceptors (Lipinski definition) is 4. The topological polar surface area (TPSA) is 44.8 Å². The molecule has 0 aliphatic carbocycles. The van der Waals surface area contributed by atoms with E-state index in [0.717, 1.165) is 25.7 Å². The number of carbonyl (C=O) groups excluding carboxylic acids is 1. The highest BCUT2D eigenvalue weighted by Crippen LogP contribution is 2.36. The third kappa shape index (κ3) is 8.78. The fourth-order valence-electron chi connectivity index (χ4n) is 1.80. The van der Waals surface area contributed by atoms with Crippen LogP contribution in [-0.2, 0) is 14.2 Å². The predicted octanol–water partition coefficient (Wildman–Crippen LogP) is 6.22. The van der Waals surface area contributed by atoms with Crippen LogP contribution >= 0.6 is 0 Å². The fraction of sp³-hybridized carbons (Fsp3) is 0.941. The van der Waals surface area contributed by atoms with E-state index in [1.807, 2.05) is 13.1 Å². The van der Waals surface area contributed by atoms with Crippen LogP contribution in [0.4, 0.5) is 4.79 Å². The predicted molar refractivity (Wildman–Crippen MR) is 93.3 cm³/mol. The zero-order chi connectivity index (χ0) is 17.2. The molecule has 0 spiro atoms. The van der Waals surface area contributed by atoms with Crippen molar-refractivity contribution in [3.8, 4) is 0 Å².